The molecule has 2 rings (SSSR count). The Morgan fingerprint density at radius 1 is 1.35 bits per heavy atom. The van der Waals surface area contributed by atoms with Crippen LogP contribution in [0.2, 0.25) is 0 Å². The summed E-state index contributed by atoms with van der Waals surface area (Å²) < 4.78 is 4.67. The first-order valence-electron chi connectivity index (χ1n) is 6.98. The quantitative estimate of drug-likeness (QED) is 0.809. The number of amides is 1. The van der Waals surface area contributed by atoms with E-state index in [1.165, 1.54) is 30.0 Å². The van der Waals surface area contributed by atoms with Crippen LogP contribution in [-0.2, 0) is 15.3 Å². The molecule has 0 spiro atoms. The van der Waals surface area contributed by atoms with Crippen molar-refractivity contribution in [1.82, 2.24) is 4.98 Å². The minimum Gasteiger partial charge on any atom is -0.465 e. The summed E-state index contributed by atoms with van der Waals surface area (Å²) in [5.74, 6) is 0.543. The zero-order valence-electron chi connectivity index (χ0n) is 13.2. The number of carbonyl (C=O) groups is 2. The number of hydrogen-bond acceptors (Lipinski definition) is 6. The van der Waals surface area contributed by atoms with E-state index in [2.05, 4.69) is 21.1 Å². The molecule has 23 heavy (non-hydrogen) atoms. The van der Waals surface area contributed by atoms with Crippen LogP contribution < -0.4 is 5.32 Å². The molecule has 0 aliphatic rings. The summed E-state index contributed by atoms with van der Waals surface area (Å²) in [5, 5.41) is 3.14. The zero-order chi connectivity index (χ0) is 16.8. The third-order valence-electron chi connectivity index (χ3n) is 3.00. The van der Waals surface area contributed by atoms with Gasteiger partial charge in [0.2, 0.25) is 5.91 Å². The standard InChI is InChI=1S/C16H18N2O3S2/c1-10-5-4-6-12(7-10)8-22-9-13(19)18-16-17-11(2)14(23-16)15(20)21-3/h4-7H,8-9H2,1-3H3,(H,17,18,19). The van der Waals surface area contributed by atoms with Crippen LogP contribution in [0.1, 0.15) is 26.5 Å². The highest BCUT2D eigenvalue weighted by Crippen LogP contribution is 2.23. The Hall–Kier alpha value is -1.86. The van der Waals surface area contributed by atoms with Crippen molar-refractivity contribution in [2.45, 2.75) is 19.6 Å². The lowest BCUT2D eigenvalue weighted by Crippen LogP contribution is -2.14. The van der Waals surface area contributed by atoms with E-state index in [-0.39, 0.29) is 5.91 Å². The highest BCUT2D eigenvalue weighted by Gasteiger charge is 2.16. The van der Waals surface area contributed by atoms with Gasteiger partial charge >= 0.3 is 5.97 Å². The van der Waals surface area contributed by atoms with E-state index < -0.39 is 5.97 Å². The molecule has 0 aliphatic carbocycles. The van der Waals surface area contributed by atoms with Crippen LogP contribution in [-0.4, -0.2) is 29.7 Å². The molecule has 7 heteroatoms. The maximum Gasteiger partial charge on any atom is 0.350 e. The van der Waals surface area contributed by atoms with Gasteiger partial charge in [-0.3, -0.25) is 4.79 Å². The molecule has 0 bridgehead atoms. The van der Waals surface area contributed by atoms with Crippen molar-refractivity contribution in [3.05, 3.63) is 46.0 Å². The number of thioether (sulfide) groups is 1. The Kier molecular flexibility index (Phi) is 6.18. The molecule has 1 aromatic carbocycles. The molecule has 1 N–H and O–H groups in total. The van der Waals surface area contributed by atoms with E-state index >= 15 is 0 Å². The van der Waals surface area contributed by atoms with Gasteiger partial charge in [-0.25, -0.2) is 9.78 Å². The van der Waals surface area contributed by atoms with Gasteiger partial charge in [0.1, 0.15) is 4.88 Å². The Bertz CT molecular complexity index is 713. The number of methoxy groups -OCH3 is 1. The fourth-order valence-electron chi connectivity index (χ4n) is 1.95. The largest absolute Gasteiger partial charge is 0.465 e. The van der Waals surface area contributed by atoms with E-state index in [9.17, 15) is 9.59 Å². The molecule has 0 fully saturated rings. The first kappa shape index (κ1) is 17.5. The highest BCUT2D eigenvalue weighted by molar-refractivity contribution is 7.99. The predicted molar refractivity (Wildman–Crippen MR) is 94.2 cm³/mol. The maximum atomic E-state index is 11.9. The number of carbonyl (C=O) groups excluding carboxylic acids is 2. The van der Waals surface area contributed by atoms with Gasteiger partial charge in [-0.1, -0.05) is 41.2 Å². The van der Waals surface area contributed by atoms with E-state index in [0.29, 0.717) is 21.5 Å². The number of nitrogens with zero attached hydrogens (tertiary/aromatic N) is 1. The molecule has 1 aromatic heterocycles. The molecular weight excluding hydrogens is 332 g/mol. The molecule has 0 unspecified atom stereocenters. The topological polar surface area (TPSA) is 68.3 Å². The number of aryl methyl sites for hydroxylation is 2. The average molecular weight is 350 g/mol. The first-order chi connectivity index (χ1) is 11.0. The number of benzene rings is 1. The monoisotopic (exact) mass is 350 g/mol. The van der Waals surface area contributed by atoms with Crippen LogP contribution in [0.25, 0.3) is 0 Å². The zero-order valence-corrected chi connectivity index (χ0v) is 14.8. The minimum absolute atomic E-state index is 0.132. The average Bonchev–Trinajstić information content (AvgIpc) is 2.87. The van der Waals surface area contributed by atoms with Gasteiger partial charge in [-0.15, -0.1) is 11.8 Å². The van der Waals surface area contributed by atoms with Gasteiger partial charge < -0.3 is 10.1 Å². The van der Waals surface area contributed by atoms with Crippen LogP contribution >= 0.6 is 23.1 Å². The normalized spacial score (nSPS) is 10.4. The minimum atomic E-state index is -0.436. The van der Waals surface area contributed by atoms with Crippen LogP contribution in [0.3, 0.4) is 0 Å². The van der Waals surface area contributed by atoms with Gasteiger partial charge in [0.25, 0.3) is 0 Å². The second-order valence-corrected chi connectivity index (χ2v) is 6.94. The van der Waals surface area contributed by atoms with Crippen molar-refractivity contribution in [3.8, 4) is 0 Å². The van der Waals surface area contributed by atoms with Crippen molar-refractivity contribution in [2.75, 3.05) is 18.2 Å². The summed E-state index contributed by atoms with van der Waals surface area (Å²) in [6.45, 7) is 3.76. The molecular formula is C16H18N2O3S2. The van der Waals surface area contributed by atoms with Gasteiger partial charge in [0, 0.05) is 5.75 Å². The van der Waals surface area contributed by atoms with Crippen molar-refractivity contribution in [2.24, 2.45) is 0 Å². The summed E-state index contributed by atoms with van der Waals surface area (Å²) in [6, 6.07) is 8.21. The summed E-state index contributed by atoms with van der Waals surface area (Å²) in [7, 11) is 1.32. The third-order valence-corrected chi connectivity index (χ3v) is 5.05. The second kappa shape index (κ2) is 8.12. The van der Waals surface area contributed by atoms with E-state index in [0.717, 1.165) is 17.1 Å². The van der Waals surface area contributed by atoms with Crippen molar-refractivity contribution < 1.29 is 14.3 Å². The summed E-state index contributed by atoms with van der Waals surface area (Å²) in [6.07, 6.45) is 0. The summed E-state index contributed by atoms with van der Waals surface area (Å²) in [4.78, 5) is 28.1. The maximum absolute atomic E-state index is 11.9. The van der Waals surface area contributed by atoms with Gasteiger partial charge in [-0.05, 0) is 19.4 Å². The molecule has 1 amide bonds. The molecule has 1 heterocycles. The number of thiazole rings is 1. The molecule has 0 radical (unpaired) electrons. The van der Waals surface area contributed by atoms with Crippen LogP contribution in [0.4, 0.5) is 5.13 Å². The van der Waals surface area contributed by atoms with Crippen LogP contribution in [0.15, 0.2) is 24.3 Å². The number of nitrogens with one attached hydrogen (secondary N) is 1. The smallest absolute Gasteiger partial charge is 0.350 e. The Balaban J connectivity index is 1.84. The molecule has 5 nitrogen and oxygen atoms in total. The lowest BCUT2D eigenvalue weighted by molar-refractivity contribution is -0.113. The Labute approximate surface area is 143 Å². The molecule has 0 atom stereocenters. The van der Waals surface area contributed by atoms with Gasteiger partial charge in [0.15, 0.2) is 5.13 Å². The lowest BCUT2D eigenvalue weighted by atomic mass is 10.2. The number of ether oxygens (including phenoxy) is 1. The molecule has 0 aliphatic heterocycles. The first-order valence-corrected chi connectivity index (χ1v) is 8.95. The van der Waals surface area contributed by atoms with Gasteiger partial charge in [0.05, 0.1) is 18.6 Å². The van der Waals surface area contributed by atoms with Crippen molar-refractivity contribution >= 4 is 40.1 Å². The number of esters is 1. The highest BCUT2D eigenvalue weighted by atomic mass is 32.2. The lowest BCUT2D eigenvalue weighted by Gasteiger charge is -2.03. The second-order valence-electron chi connectivity index (χ2n) is 4.96. The van der Waals surface area contributed by atoms with Crippen LogP contribution in [0.5, 0.6) is 0 Å². The molecule has 122 valence electrons. The molecule has 0 saturated heterocycles. The van der Waals surface area contributed by atoms with Gasteiger partial charge in [-0.2, -0.15) is 0 Å². The van der Waals surface area contributed by atoms with Crippen molar-refractivity contribution in [3.63, 3.8) is 0 Å². The third kappa shape index (κ3) is 5.07. The SMILES string of the molecule is COC(=O)c1sc(NC(=O)CSCc2cccc(C)c2)nc1C. The van der Waals surface area contributed by atoms with E-state index in [1.807, 2.05) is 25.1 Å². The Morgan fingerprint density at radius 3 is 2.83 bits per heavy atom. The fourth-order valence-corrected chi connectivity index (χ4v) is 3.63. The molecule has 2 aromatic rings. The fraction of sp³-hybridized carbons (Fsp3) is 0.312. The summed E-state index contributed by atoms with van der Waals surface area (Å²) in [5.41, 5.74) is 2.96. The summed E-state index contributed by atoms with van der Waals surface area (Å²) >= 11 is 2.66. The number of hydrogen-bond donors (Lipinski definition) is 1. The van der Waals surface area contributed by atoms with E-state index in [1.54, 1.807) is 6.92 Å². The predicted octanol–water partition coefficient (Wildman–Crippen LogP) is 3.42. The van der Waals surface area contributed by atoms with Crippen molar-refractivity contribution in [1.29, 1.82) is 0 Å². The van der Waals surface area contributed by atoms with E-state index in [4.69, 9.17) is 0 Å². The van der Waals surface area contributed by atoms with Crippen LogP contribution in [0, 0.1) is 13.8 Å². The number of anilines is 1. The Morgan fingerprint density at radius 2 is 2.13 bits per heavy atom. The molecule has 0 saturated carbocycles. The number of aromatic nitrogens is 1. The number of rotatable bonds is 6.